The monoisotopic (exact) mass is 541 g/mol. The minimum absolute atomic E-state index is 0.0168. The number of primary amides is 1. The third kappa shape index (κ3) is 5.74. The summed E-state index contributed by atoms with van der Waals surface area (Å²) in [5, 5.41) is 7.11. The topological polar surface area (TPSA) is 119 Å². The van der Waals surface area contributed by atoms with Gasteiger partial charge in [-0.25, -0.2) is 9.97 Å². The summed E-state index contributed by atoms with van der Waals surface area (Å²) in [6.45, 7) is 2.54. The van der Waals surface area contributed by atoms with Crippen LogP contribution in [0.1, 0.15) is 76.9 Å². The standard InChI is InChI=1S/C27H30F3N7O2/c1-15-17(11-22(38)20-8-7-18(16-5-6-16)10-21(20)27(28,29)30)4-3-9-37(15)23-13-32-24(25(31)39)26(35-23)34-19-12-33-36(2)14-19/h7-8,10,12-17H,3-6,9,11H2,1-2H3,(H2,31,39)(H,34,35)/t15-,17+/m1/s1. The van der Waals surface area contributed by atoms with Crippen LogP contribution in [0.2, 0.25) is 0 Å². The van der Waals surface area contributed by atoms with Gasteiger partial charge in [0, 0.05) is 37.8 Å². The van der Waals surface area contributed by atoms with E-state index in [1.165, 1.54) is 12.3 Å². The van der Waals surface area contributed by atoms with Gasteiger partial charge in [0.2, 0.25) is 0 Å². The maximum Gasteiger partial charge on any atom is 0.417 e. The van der Waals surface area contributed by atoms with E-state index < -0.39 is 23.4 Å². The normalized spacial score (nSPS) is 19.7. The summed E-state index contributed by atoms with van der Waals surface area (Å²) >= 11 is 0. The van der Waals surface area contributed by atoms with Crippen molar-refractivity contribution < 1.29 is 22.8 Å². The van der Waals surface area contributed by atoms with Gasteiger partial charge in [-0.05, 0) is 56.1 Å². The van der Waals surface area contributed by atoms with Crippen LogP contribution in [0.5, 0.6) is 0 Å². The predicted octanol–water partition coefficient (Wildman–Crippen LogP) is 4.83. The number of anilines is 3. The van der Waals surface area contributed by atoms with E-state index in [1.807, 2.05) is 11.8 Å². The number of nitrogens with one attached hydrogen (secondary N) is 1. The summed E-state index contributed by atoms with van der Waals surface area (Å²) in [6.07, 6.45) is 3.28. The second kappa shape index (κ2) is 10.3. The molecule has 2 atom stereocenters. The number of Topliss-reactive ketones (excluding diaryl/α,β-unsaturated/α-hetero) is 1. The number of benzene rings is 1. The molecule has 39 heavy (non-hydrogen) atoms. The molecule has 1 saturated carbocycles. The number of rotatable bonds is 8. The third-order valence-electron chi connectivity index (χ3n) is 7.55. The molecule has 1 aliphatic carbocycles. The SMILES string of the molecule is C[C@@H]1[C@H](CC(=O)c2ccc(C3CC3)cc2C(F)(F)F)CCCN1c1cnc(C(N)=O)c(Nc2cnn(C)c2)n1. The Balaban J connectivity index is 1.37. The average molecular weight is 542 g/mol. The average Bonchev–Trinajstić information content (AvgIpc) is 3.66. The Bertz CT molecular complexity index is 1400. The molecule has 1 aromatic carbocycles. The zero-order chi connectivity index (χ0) is 27.9. The molecule has 1 saturated heterocycles. The third-order valence-corrected chi connectivity index (χ3v) is 7.55. The Labute approximate surface area is 223 Å². The summed E-state index contributed by atoms with van der Waals surface area (Å²) in [5.41, 5.74) is 5.58. The fourth-order valence-corrected chi connectivity index (χ4v) is 5.29. The van der Waals surface area contributed by atoms with Crippen LogP contribution in [0.4, 0.5) is 30.5 Å². The second-order valence-electron chi connectivity index (χ2n) is 10.4. The fraction of sp³-hybridized carbons (Fsp3) is 0.444. The number of nitrogens with two attached hydrogens (primary N) is 1. The number of carbonyl (C=O) groups is 2. The van der Waals surface area contributed by atoms with Gasteiger partial charge in [0.15, 0.2) is 17.3 Å². The number of carbonyl (C=O) groups excluding carboxylic acids is 2. The van der Waals surface area contributed by atoms with Crippen LogP contribution >= 0.6 is 0 Å². The molecule has 3 N–H and O–H groups in total. The van der Waals surface area contributed by atoms with Crippen LogP contribution in [0, 0.1) is 5.92 Å². The van der Waals surface area contributed by atoms with Gasteiger partial charge in [0.05, 0.1) is 23.6 Å². The van der Waals surface area contributed by atoms with Crippen molar-refractivity contribution in [3.8, 4) is 0 Å². The van der Waals surface area contributed by atoms with Gasteiger partial charge in [-0.15, -0.1) is 0 Å². The quantitative estimate of drug-likeness (QED) is 0.392. The molecular formula is C27H30F3N7O2. The van der Waals surface area contributed by atoms with Crippen LogP contribution in [-0.4, -0.2) is 44.0 Å². The maximum absolute atomic E-state index is 13.9. The zero-order valence-corrected chi connectivity index (χ0v) is 21.7. The van der Waals surface area contributed by atoms with Gasteiger partial charge >= 0.3 is 6.18 Å². The largest absolute Gasteiger partial charge is 0.417 e. The van der Waals surface area contributed by atoms with Gasteiger partial charge in [0.1, 0.15) is 5.82 Å². The lowest BCUT2D eigenvalue weighted by atomic mass is 9.84. The van der Waals surface area contributed by atoms with Crippen molar-refractivity contribution >= 4 is 29.0 Å². The smallest absolute Gasteiger partial charge is 0.364 e. The number of halogens is 3. The molecule has 3 aromatic rings. The van der Waals surface area contributed by atoms with Crippen molar-refractivity contribution in [1.82, 2.24) is 19.7 Å². The molecule has 2 aromatic heterocycles. The maximum atomic E-state index is 13.9. The van der Waals surface area contributed by atoms with Crippen LogP contribution < -0.4 is 16.0 Å². The molecule has 0 unspecified atom stereocenters. The first-order valence-corrected chi connectivity index (χ1v) is 12.9. The summed E-state index contributed by atoms with van der Waals surface area (Å²) < 4.78 is 43.2. The molecule has 2 fully saturated rings. The van der Waals surface area contributed by atoms with E-state index in [0.717, 1.165) is 25.3 Å². The predicted molar refractivity (Wildman–Crippen MR) is 139 cm³/mol. The number of hydrogen-bond acceptors (Lipinski definition) is 7. The molecule has 0 bridgehead atoms. The van der Waals surface area contributed by atoms with Gasteiger partial charge < -0.3 is 16.0 Å². The number of aryl methyl sites for hydroxylation is 1. The van der Waals surface area contributed by atoms with Crippen molar-refractivity contribution in [3.05, 3.63) is 59.2 Å². The number of alkyl halides is 3. The highest BCUT2D eigenvalue weighted by atomic mass is 19.4. The lowest BCUT2D eigenvalue weighted by Crippen LogP contribution is -2.44. The highest BCUT2D eigenvalue weighted by Crippen LogP contribution is 2.43. The Morgan fingerprint density at radius 1 is 1.18 bits per heavy atom. The fourth-order valence-electron chi connectivity index (χ4n) is 5.29. The van der Waals surface area contributed by atoms with E-state index in [4.69, 9.17) is 5.73 Å². The highest BCUT2D eigenvalue weighted by Gasteiger charge is 2.38. The van der Waals surface area contributed by atoms with Crippen LogP contribution in [0.3, 0.4) is 0 Å². The summed E-state index contributed by atoms with van der Waals surface area (Å²) in [4.78, 5) is 36.0. The van der Waals surface area contributed by atoms with Gasteiger partial charge in [-0.1, -0.05) is 12.1 Å². The van der Waals surface area contributed by atoms with E-state index in [-0.39, 0.29) is 41.4 Å². The molecule has 9 nitrogen and oxygen atoms in total. The molecule has 5 rings (SSSR count). The van der Waals surface area contributed by atoms with Crippen LogP contribution in [-0.2, 0) is 13.2 Å². The van der Waals surface area contributed by atoms with Crippen LogP contribution in [0.25, 0.3) is 0 Å². The summed E-state index contributed by atoms with van der Waals surface area (Å²) in [5.74, 6) is -0.657. The van der Waals surface area contributed by atoms with Crippen LogP contribution in [0.15, 0.2) is 36.8 Å². The molecule has 1 amide bonds. The van der Waals surface area contributed by atoms with Gasteiger partial charge in [0.25, 0.3) is 5.91 Å². The van der Waals surface area contributed by atoms with E-state index in [9.17, 15) is 22.8 Å². The summed E-state index contributed by atoms with van der Waals surface area (Å²) in [7, 11) is 1.75. The van der Waals surface area contributed by atoms with E-state index in [0.29, 0.717) is 30.0 Å². The number of aromatic nitrogens is 4. The Morgan fingerprint density at radius 2 is 1.95 bits per heavy atom. The molecular weight excluding hydrogens is 511 g/mol. The van der Waals surface area contributed by atoms with Gasteiger partial charge in [-0.2, -0.15) is 18.3 Å². The van der Waals surface area contributed by atoms with Crippen molar-refractivity contribution in [2.75, 3.05) is 16.8 Å². The van der Waals surface area contributed by atoms with E-state index in [2.05, 4.69) is 20.4 Å². The Morgan fingerprint density at radius 3 is 2.59 bits per heavy atom. The van der Waals surface area contributed by atoms with Gasteiger partial charge in [-0.3, -0.25) is 14.3 Å². The number of amides is 1. The Kier molecular flexibility index (Phi) is 7.04. The zero-order valence-electron chi connectivity index (χ0n) is 21.7. The van der Waals surface area contributed by atoms with Crippen molar-refractivity contribution in [2.45, 2.75) is 57.2 Å². The number of hydrogen-bond donors (Lipinski definition) is 2. The molecule has 206 valence electrons. The number of ketones is 1. The molecule has 3 heterocycles. The van der Waals surface area contributed by atoms with Crippen molar-refractivity contribution in [2.24, 2.45) is 18.7 Å². The van der Waals surface area contributed by atoms with E-state index >= 15 is 0 Å². The molecule has 1 aliphatic heterocycles. The molecule has 0 radical (unpaired) electrons. The first-order valence-electron chi connectivity index (χ1n) is 12.9. The first-order chi connectivity index (χ1) is 18.5. The number of piperidine rings is 1. The first kappa shape index (κ1) is 26.6. The van der Waals surface area contributed by atoms with Crippen molar-refractivity contribution in [1.29, 1.82) is 0 Å². The molecule has 0 spiro atoms. The lowest BCUT2D eigenvalue weighted by molar-refractivity contribution is -0.138. The Hall–Kier alpha value is -3.96. The van der Waals surface area contributed by atoms with Crippen molar-refractivity contribution in [3.63, 3.8) is 0 Å². The highest BCUT2D eigenvalue weighted by molar-refractivity contribution is 5.98. The van der Waals surface area contributed by atoms with E-state index in [1.54, 1.807) is 30.2 Å². The number of nitrogens with zero attached hydrogens (tertiary/aromatic N) is 5. The minimum atomic E-state index is -4.60. The lowest BCUT2D eigenvalue weighted by Gasteiger charge is -2.40. The minimum Gasteiger partial charge on any atom is -0.364 e. The summed E-state index contributed by atoms with van der Waals surface area (Å²) in [6, 6.07) is 3.94. The molecule has 2 aliphatic rings. The second-order valence-corrected chi connectivity index (χ2v) is 10.4. The molecule has 12 heteroatoms.